The molecule has 1 amide bonds. The van der Waals surface area contributed by atoms with Gasteiger partial charge in [0, 0.05) is 6.42 Å². The third-order valence-corrected chi connectivity index (χ3v) is 19.1. The van der Waals surface area contributed by atoms with E-state index < -0.39 is 49.5 Å². The Morgan fingerprint density at radius 2 is 0.681 bits per heavy atom. The lowest BCUT2D eigenvalue weighted by Gasteiger charge is -2.40. The molecule has 7 atom stereocenters. The van der Waals surface area contributed by atoms with Gasteiger partial charge in [-0.05, 0) is 57.8 Å². The number of hydrogen-bond donors (Lipinski definition) is 6. The van der Waals surface area contributed by atoms with Gasteiger partial charge >= 0.3 is 0 Å². The summed E-state index contributed by atoms with van der Waals surface area (Å²) in [5, 5.41) is 55.1. The van der Waals surface area contributed by atoms with E-state index in [1.54, 1.807) is 0 Å². The summed E-state index contributed by atoms with van der Waals surface area (Å²) in [5.41, 5.74) is 0. The number of nitrogens with one attached hydrogen (secondary N) is 1. The average molecular weight is 1280 g/mol. The lowest BCUT2D eigenvalue weighted by molar-refractivity contribution is -0.302. The lowest BCUT2D eigenvalue weighted by Crippen LogP contribution is -2.60. The molecule has 534 valence electrons. The summed E-state index contributed by atoms with van der Waals surface area (Å²) < 4.78 is 11.4. The molecule has 9 nitrogen and oxygen atoms in total. The van der Waals surface area contributed by atoms with Crippen LogP contribution in [0.15, 0.2) is 60.8 Å². The van der Waals surface area contributed by atoms with Crippen LogP contribution in [-0.4, -0.2) is 87.5 Å². The van der Waals surface area contributed by atoms with Crippen molar-refractivity contribution in [2.24, 2.45) is 0 Å². The third-order valence-electron chi connectivity index (χ3n) is 19.1. The first-order chi connectivity index (χ1) is 44.8. The van der Waals surface area contributed by atoms with Gasteiger partial charge in [0.2, 0.25) is 5.91 Å². The molecule has 1 fully saturated rings. The second-order valence-electron chi connectivity index (χ2n) is 27.8. The van der Waals surface area contributed by atoms with Crippen LogP contribution in [0.5, 0.6) is 0 Å². The van der Waals surface area contributed by atoms with Gasteiger partial charge in [-0.25, -0.2) is 0 Å². The van der Waals surface area contributed by atoms with E-state index in [0.29, 0.717) is 12.8 Å². The van der Waals surface area contributed by atoms with E-state index >= 15 is 0 Å². The first-order valence-electron chi connectivity index (χ1n) is 40.0. The molecule has 91 heavy (non-hydrogen) atoms. The van der Waals surface area contributed by atoms with Crippen LogP contribution in [0.4, 0.5) is 0 Å². The van der Waals surface area contributed by atoms with Gasteiger partial charge in [0.15, 0.2) is 6.29 Å². The van der Waals surface area contributed by atoms with Crippen LogP contribution in [0.2, 0.25) is 0 Å². The predicted molar refractivity (Wildman–Crippen MR) is 392 cm³/mol. The molecule has 0 aromatic carbocycles. The Bertz CT molecular complexity index is 1630. The van der Waals surface area contributed by atoms with Gasteiger partial charge in [-0.2, -0.15) is 0 Å². The standard InChI is InChI=1S/C82H153NO8/c1-3-5-7-9-11-13-15-17-19-21-23-25-27-29-31-33-34-35-36-37-38-39-40-41-42-44-46-48-50-52-54-56-58-60-62-64-66-68-70-72-78(86)83-75(74-90-82-81(89)80(88)79(87)77(73-84)91-82)76(85)71-69-67-65-63-61-59-57-55-53-51-49-47-45-43-32-30-28-26-24-22-20-18-16-14-12-10-8-6-4-2/h5,7,11,13,17,19,23,25,29,31,75-77,79-82,84-85,87-89H,3-4,6,8-10,12,14-16,18,20-22,24,26-28,30,32-74H2,1-2H3,(H,83,86)/b7-5-,13-11-,19-17-,25-23-,31-29-. The number of aliphatic hydroxyl groups is 5. The van der Waals surface area contributed by atoms with Gasteiger partial charge in [0.25, 0.3) is 0 Å². The highest BCUT2D eigenvalue weighted by molar-refractivity contribution is 5.76. The second-order valence-corrected chi connectivity index (χ2v) is 27.8. The van der Waals surface area contributed by atoms with Crippen LogP contribution in [0, 0.1) is 0 Å². The first-order valence-corrected chi connectivity index (χ1v) is 40.0. The summed E-state index contributed by atoms with van der Waals surface area (Å²) in [6, 6.07) is -0.721. The van der Waals surface area contributed by atoms with Crippen molar-refractivity contribution >= 4 is 5.91 Å². The fourth-order valence-corrected chi connectivity index (χ4v) is 13.0. The second kappa shape index (κ2) is 70.7. The van der Waals surface area contributed by atoms with Crippen molar-refractivity contribution in [3.8, 4) is 0 Å². The van der Waals surface area contributed by atoms with Crippen molar-refractivity contribution in [3.63, 3.8) is 0 Å². The fourth-order valence-electron chi connectivity index (χ4n) is 13.0. The maximum atomic E-state index is 13.2. The van der Waals surface area contributed by atoms with E-state index in [1.165, 1.54) is 302 Å². The van der Waals surface area contributed by atoms with Crippen molar-refractivity contribution in [1.29, 1.82) is 0 Å². The summed E-state index contributed by atoms with van der Waals surface area (Å²) in [7, 11) is 0. The molecule has 0 aromatic heterocycles. The summed E-state index contributed by atoms with van der Waals surface area (Å²) in [4.78, 5) is 13.2. The summed E-state index contributed by atoms with van der Waals surface area (Å²) in [5.74, 6) is -0.136. The zero-order valence-corrected chi connectivity index (χ0v) is 60.1. The number of carbonyl (C=O) groups is 1. The Hall–Kier alpha value is -2.11. The van der Waals surface area contributed by atoms with E-state index in [4.69, 9.17) is 9.47 Å². The number of hydrogen-bond acceptors (Lipinski definition) is 8. The summed E-state index contributed by atoms with van der Waals surface area (Å²) >= 11 is 0. The van der Waals surface area contributed by atoms with E-state index in [-0.39, 0.29) is 12.5 Å². The molecule has 1 saturated heterocycles. The lowest BCUT2D eigenvalue weighted by atomic mass is 9.99. The Morgan fingerprint density at radius 1 is 0.385 bits per heavy atom. The van der Waals surface area contributed by atoms with Crippen LogP contribution >= 0.6 is 0 Å². The maximum Gasteiger partial charge on any atom is 0.220 e. The van der Waals surface area contributed by atoms with Crippen molar-refractivity contribution < 1.29 is 39.8 Å². The zero-order valence-electron chi connectivity index (χ0n) is 60.1. The molecule has 0 bridgehead atoms. The monoisotopic (exact) mass is 1280 g/mol. The van der Waals surface area contributed by atoms with E-state index in [0.717, 1.165) is 70.6 Å². The van der Waals surface area contributed by atoms with Crippen LogP contribution < -0.4 is 5.32 Å². The molecule has 9 heteroatoms. The van der Waals surface area contributed by atoms with Gasteiger partial charge in [-0.3, -0.25) is 4.79 Å². The number of ether oxygens (including phenoxy) is 2. The average Bonchev–Trinajstić information content (AvgIpc) is 1.33. The molecule has 1 aliphatic heterocycles. The normalized spacial score (nSPS) is 18.0. The van der Waals surface area contributed by atoms with Crippen molar-refractivity contribution in [2.45, 2.75) is 442 Å². The van der Waals surface area contributed by atoms with Gasteiger partial charge < -0.3 is 40.3 Å². The summed E-state index contributed by atoms with van der Waals surface area (Å²) in [6.45, 7) is 3.78. The minimum atomic E-state index is -1.55. The highest BCUT2D eigenvalue weighted by Gasteiger charge is 2.44. The Morgan fingerprint density at radius 3 is 1.01 bits per heavy atom. The molecule has 0 radical (unpaired) electrons. The zero-order chi connectivity index (χ0) is 65.7. The van der Waals surface area contributed by atoms with Crippen molar-refractivity contribution in [1.82, 2.24) is 5.32 Å². The van der Waals surface area contributed by atoms with Gasteiger partial charge in [-0.15, -0.1) is 0 Å². The molecule has 6 N–H and O–H groups in total. The topological polar surface area (TPSA) is 149 Å². The molecule has 0 spiro atoms. The Balaban J connectivity index is 2.04. The number of rotatable bonds is 71. The SMILES string of the molecule is CC/C=C\C/C=C\C/C=C\C/C=C\C/C=C\CCCCCCCCCCCCCCCCCCCCCCCCCC(=O)NC(COC1OC(CO)C(O)C(O)C1O)C(O)CCCCCCCCCCCCCCCCCCCCCCCCCCCCCCC. The fraction of sp³-hybridized carbons (Fsp3) is 0.866. The largest absolute Gasteiger partial charge is 0.394 e. The molecular weight excluding hydrogens is 1130 g/mol. The molecule has 1 rings (SSSR count). The van der Waals surface area contributed by atoms with E-state index in [9.17, 15) is 30.3 Å². The molecule has 1 heterocycles. The van der Waals surface area contributed by atoms with Crippen molar-refractivity contribution in [3.05, 3.63) is 60.8 Å². The minimum Gasteiger partial charge on any atom is -0.394 e. The first kappa shape index (κ1) is 86.9. The smallest absolute Gasteiger partial charge is 0.220 e. The quantitative estimate of drug-likeness (QED) is 0.0261. The van der Waals surface area contributed by atoms with Crippen molar-refractivity contribution in [2.75, 3.05) is 13.2 Å². The number of aliphatic hydroxyl groups excluding tert-OH is 5. The highest BCUT2D eigenvalue weighted by Crippen LogP contribution is 2.24. The molecule has 1 aliphatic rings. The number of carbonyl (C=O) groups excluding carboxylic acids is 1. The summed E-state index contributed by atoms with van der Waals surface area (Å²) in [6.07, 6.45) is 91.9. The molecule has 0 aromatic rings. The number of amides is 1. The van der Waals surface area contributed by atoms with E-state index in [2.05, 4.69) is 79.9 Å². The Labute approximate surface area is 564 Å². The van der Waals surface area contributed by atoms with Crippen LogP contribution in [0.1, 0.15) is 399 Å². The van der Waals surface area contributed by atoms with Crippen LogP contribution in [-0.2, 0) is 14.3 Å². The van der Waals surface area contributed by atoms with Gasteiger partial charge in [0.05, 0.1) is 25.4 Å². The Kier molecular flexibility index (Phi) is 67.5. The molecule has 0 saturated carbocycles. The molecule has 7 unspecified atom stereocenters. The molecule has 0 aliphatic carbocycles. The van der Waals surface area contributed by atoms with Gasteiger partial charge in [0.1, 0.15) is 24.4 Å². The van der Waals surface area contributed by atoms with E-state index in [1.807, 2.05) is 0 Å². The molecular formula is C82H153NO8. The minimum absolute atomic E-state index is 0.134. The van der Waals surface area contributed by atoms with Crippen LogP contribution in [0.25, 0.3) is 0 Å². The number of unbranched alkanes of at least 4 members (excludes halogenated alkanes) is 51. The number of allylic oxidation sites excluding steroid dienone is 10. The highest BCUT2D eigenvalue weighted by atomic mass is 16.7. The van der Waals surface area contributed by atoms with Crippen LogP contribution in [0.3, 0.4) is 0 Å². The predicted octanol–water partition coefficient (Wildman–Crippen LogP) is 22.9. The third kappa shape index (κ3) is 58.9. The maximum absolute atomic E-state index is 13.2. The van der Waals surface area contributed by atoms with Gasteiger partial charge in [-0.1, -0.05) is 396 Å².